The maximum atomic E-state index is 12.8. The first-order valence-electron chi connectivity index (χ1n) is 10.5. The van der Waals surface area contributed by atoms with E-state index in [1.165, 1.54) is 10.5 Å². The van der Waals surface area contributed by atoms with Gasteiger partial charge in [0, 0.05) is 38.9 Å². The molecule has 2 aromatic carbocycles. The van der Waals surface area contributed by atoms with Gasteiger partial charge >= 0.3 is 0 Å². The molecule has 0 atom stereocenters. The Morgan fingerprint density at radius 1 is 1.09 bits per heavy atom. The maximum absolute atomic E-state index is 12.8. The van der Waals surface area contributed by atoms with E-state index in [1.807, 2.05) is 19.1 Å². The zero-order valence-electron chi connectivity index (χ0n) is 18.2. The van der Waals surface area contributed by atoms with Gasteiger partial charge in [0.1, 0.15) is 11.6 Å². The van der Waals surface area contributed by atoms with Crippen molar-refractivity contribution in [1.82, 2.24) is 14.5 Å². The van der Waals surface area contributed by atoms with Crippen molar-refractivity contribution in [3.63, 3.8) is 0 Å². The molecule has 0 bridgehead atoms. The van der Waals surface area contributed by atoms with Crippen LogP contribution in [0.4, 0.5) is 0 Å². The van der Waals surface area contributed by atoms with Gasteiger partial charge < -0.3 is 19.7 Å². The van der Waals surface area contributed by atoms with Crippen molar-refractivity contribution in [3.05, 3.63) is 65.4 Å². The van der Waals surface area contributed by atoms with Crippen LogP contribution in [0.25, 0.3) is 0 Å². The summed E-state index contributed by atoms with van der Waals surface area (Å²) in [4.78, 5) is 14.6. The summed E-state index contributed by atoms with van der Waals surface area (Å²) in [5.74, 6) is 0.785. The number of nitriles is 1. The number of piperazine rings is 1. The number of nitrogens with zero attached hydrogens (tertiary/aromatic N) is 3. The summed E-state index contributed by atoms with van der Waals surface area (Å²) in [7, 11) is -3.57. The van der Waals surface area contributed by atoms with Crippen molar-refractivity contribution in [2.75, 3.05) is 33.0 Å². The van der Waals surface area contributed by atoms with E-state index in [0.717, 1.165) is 11.1 Å². The number of hydrogen-bond acceptors (Lipinski definition) is 7. The van der Waals surface area contributed by atoms with Crippen LogP contribution >= 0.6 is 0 Å². The van der Waals surface area contributed by atoms with Gasteiger partial charge in [-0.3, -0.25) is 4.79 Å². The lowest BCUT2D eigenvalue weighted by Crippen LogP contribution is -2.47. The lowest BCUT2D eigenvalue weighted by molar-refractivity contribution is -0.117. The Balaban J connectivity index is 1.34. The van der Waals surface area contributed by atoms with Crippen LogP contribution in [0.3, 0.4) is 0 Å². The van der Waals surface area contributed by atoms with E-state index < -0.39 is 15.9 Å². The molecule has 2 aliphatic rings. The predicted octanol–water partition coefficient (Wildman–Crippen LogP) is 1.75. The van der Waals surface area contributed by atoms with Crippen molar-refractivity contribution in [3.8, 4) is 17.6 Å². The molecule has 0 spiro atoms. The Morgan fingerprint density at radius 2 is 1.79 bits per heavy atom. The van der Waals surface area contributed by atoms with Crippen LogP contribution in [0, 0.1) is 18.3 Å². The average molecular weight is 469 g/mol. The van der Waals surface area contributed by atoms with E-state index >= 15 is 0 Å². The molecule has 9 nitrogen and oxygen atoms in total. The number of carbonyl (C=O) groups excluding carboxylic acids is 1. The number of benzene rings is 2. The molecular weight excluding hydrogens is 444 g/mol. The Morgan fingerprint density at radius 3 is 2.48 bits per heavy atom. The summed E-state index contributed by atoms with van der Waals surface area (Å²) in [6.07, 6.45) is 1.49. The summed E-state index contributed by atoms with van der Waals surface area (Å²) >= 11 is 0. The van der Waals surface area contributed by atoms with Crippen LogP contribution in [0.15, 0.2) is 59.1 Å². The summed E-state index contributed by atoms with van der Waals surface area (Å²) in [6.45, 7) is 3.61. The molecule has 0 saturated carbocycles. The minimum atomic E-state index is -3.57. The van der Waals surface area contributed by atoms with Gasteiger partial charge in [0.2, 0.25) is 16.8 Å². The molecule has 1 fully saturated rings. The molecule has 2 aliphatic heterocycles. The second-order valence-electron chi connectivity index (χ2n) is 7.78. The number of ether oxygens (including phenoxy) is 2. The number of rotatable bonds is 6. The molecule has 0 aromatic heterocycles. The zero-order chi connectivity index (χ0) is 23.4. The summed E-state index contributed by atoms with van der Waals surface area (Å²) in [5, 5.41) is 12.2. The quantitative estimate of drug-likeness (QED) is 0.508. The first-order valence-corrected chi connectivity index (χ1v) is 11.9. The number of carbonyl (C=O) groups is 1. The van der Waals surface area contributed by atoms with Gasteiger partial charge in [0.05, 0.1) is 4.90 Å². The van der Waals surface area contributed by atoms with Crippen molar-refractivity contribution in [2.24, 2.45) is 0 Å². The van der Waals surface area contributed by atoms with Gasteiger partial charge in [-0.05, 0) is 36.8 Å². The standard InChI is InChI=1S/C23H24N4O5S/c1-17-2-5-20(6-3-17)33(29,30)27-10-8-26(9-11-27)15-19(13-24)23(28)25-14-18-4-7-21-22(12-18)32-16-31-21/h2-7,12,15H,8-11,14,16H2,1H3,(H,25,28)/b19-15-. The van der Waals surface area contributed by atoms with Gasteiger partial charge in [-0.2, -0.15) is 9.57 Å². The molecule has 33 heavy (non-hydrogen) atoms. The molecule has 2 aromatic rings. The molecule has 10 heteroatoms. The molecule has 1 amide bonds. The topological polar surface area (TPSA) is 112 Å². The Kier molecular flexibility index (Phi) is 6.53. The van der Waals surface area contributed by atoms with Gasteiger partial charge in [0.15, 0.2) is 11.5 Å². The fraction of sp³-hybridized carbons (Fsp3) is 0.304. The number of nitrogens with one attached hydrogen (secondary N) is 1. The van der Waals surface area contributed by atoms with E-state index in [2.05, 4.69) is 5.32 Å². The zero-order valence-corrected chi connectivity index (χ0v) is 19.0. The first-order chi connectivity index (χ1) is 15.9. The number of aryl methyl sites for hydroxylation is 1. The fourth-order valence-corrected chi connectivity index (χ4v) is 5.00. The highest BCUT2D eigenvalue weighted by molar-refractivity contribution is 7.89. The van der Waals surface area contributed by atoms with Gasteiger partial charge in [0.25, 0.3) is 5.91 Å². The molecule has 1 saturated heterocycles. The van der Waals surface area contributed by atoms with Gasteiger partial charge in [-0.25, -0.2) is 8.42 Å². The van der Waals surface area contributed by atoms with E-state index in [-0.39, 0.29) is 36.9 Å². The number of fused-ring (bicyclic) bond motifs is 1. The van der Waals surface area contributed by atoms with Crippen LogP contribution in [0.2, 0.25) is 0 Å². The molecular formula is C23H24N4O5S. The molecule has 4 rings (SSSR count). The van der Waals surface area contributed by atoms with Crippen LogP contribution in [0.1, 0.15) is 11.1 Å². The van der Waals surface area contributed by atoms with E-state index in [1.54, 1.807) is 41.3 Å². The summed E-state index contributed by atoms with van der Waals surface area (Å²) in [5.41, 5.74) is 1.77. The summed E-state index contributed by atoms with van der Waals surface area (Å²) in [6, 6.07) is 14.1. The van der Waals surface area contributed by atoms with Crippen LogP contribution in [0.5, 0.6) is 11.5 Å². The Labute approximate surface area is 192 Å². The number of sulfonamides is 1. The molecule has 0 radical (unpaired) electrons. The van der Waals surface area contributed by atoms with E-state index in [9.17, 15) is 18.5 Å². The second kappa shape index (κ2) is 9.52. The minimum Gasteiger partial charge on any atom is -0.454 e. The average Bonchev–Trinajstić information content (AvgIpc) is 3.29. The van der Waals surface area contributed by atoms with E-state index in [0.29, 0.717) is 24.6 Å². The van der Waals surface area contributed by atoms with Gasteiger partial charge in [-0.1, -0.05) is 23.8 Å². The molecule has 2 heterocycles. The van der Waals surface area contributed by atoms with Crippen LogP contribution in [-0.4, -0.2) is 56.5 Å². The van der Waals surface area contributed by atoms with Crippen LogP contribution < -0.4 is 14.8 Å². The molecule has 0 unspecified atom stereocenters. The number of amides is 1. The molecule has 1 N–H and O–H groups in total. The third-order valence-corrected chi connectivity index (χ3v) is 7.41. The predicted molar refractivity (Wildman–Crippen MR) is 120 cm³/mol. The van der Waals surface area contributed by atoms with Crippen LogP contribution in [-0.2, 0) is 21.4 Å². The highest BCUT2D eigenvalue weighted by atomic mass is 32.2. The van der Waals surface area contributed by atoms with Gasteiger partial charge in [-0.15, -0.1) is 0 Å². The monoisotopic (exact) mass is 468 g/mol. The van der Waals surface area contributed by atoms with Crippen molar-refractivity contribution >= 4 is 15.9 Å². The SMILES string of the molecule is Cc1ccc(S(=O)(=O)N2CCN(/C=C(/C#N)C(=O)NCc3ccc4c(c3)OCO4)CC2)cc1. The lowest BCUT2D eigenvalue weighted by atomic mass is 10.2. The van der Waals surface area contributed by atoms with Crippen molar-refractivity contribution < 1.29 is 22.7 Å². The van der Waals surface area contributed by atoms with Crippen molar-refractivity contribution in [1.29, 1.82) is 5.26 Å². The van der Waals surface area contributed by atoms with E-state index in [4.69, 9.17) is 9.47 Å². The maximum Gasteiger partial charge on any atom is 0.263 e. The smallest absolute Gasteiger partial charge is 0.263 e. The largest absolute Gasteiger partial charge is 0.454 e. The number of hydrogen-bond donors (Lipinski definition) is 1. The molecule has 0 aliphatic carbocycles. The minimum absolute atomic E-state index is 0.0365. The lowest BCUT2D eigenvalue weighted by Gasteiger charge is -2.33. The molecule has 172 valence electrons. The Bertz CT molecular complexity index is 1210. The van der Waals surface area contributed by atoms with Crippen molar-refractivity contribution in [2.45, 2.75) is 18.4 Å². The highest BCUT2D eigenvalue weighted by Crippen LogP contribution is 2.32. The third-order valence-electron chi connectivity index (χ3n) is 5.50. The summed E-state index contributed by atoms with van der Waals surface area (Å²) < 4.78 is 37.7. The highest BCUT2D eigenvalue weighted by Gasteiger charge is 2.28. The first kappa shape index (κ1) is 22.6. The third kappa shape index (κ3) is 5.10. The fourth-order valence-electron chi connectivity index (χ4n) is 3.58. The second-order valence-corrected chi connectivity index (χ2v) is 9.72. The Hall–Kier alpha value is -3.55. The normalized spacial score (nSPS) is 16.4.